The fourth-order valence-corrected chi connectivity index (χ4v) is 6.63. The van der Waals surface area contributed by atoms with Gasteiger partial charge in [0.05, 0.1) is 5.56 Å². The van der Waals surface area contributed by atoms with E-state index >= 15 is 0 Å². The summed E-state index contributed by atoms with van der Waals surface area (Å²) in [4.78, 5) is 25.4. The van der Waals surface area contributed by atoms with Crippen LogP contribution in [0.5, 0.6) is 0 Å². The van der Waals surface area contributed by atoms with Gasteiger partial charge in [0.15, 0.2) is 0 Å². The molecule has 0 aromatic heterocycles. The van der Waals surface area contributed by atoms with E-state index in [1.54, 1.807) is 13.8 Å². The molecule has 1 aliphatic heterocycles. The number of hydrogen-bond donors (Lipinski definition) is 1. The molecule has 0 unspecified atom stereocenters. The molecule has 6 nitrogen and oxygen atoms in total. The monoisotopic (exact) mass is 440 g/mol. The second kappa shape index (κ2) is 8.11. The molecule has 0 saturated heterocycles. The van der Waals surface area contributed by atoms with E-state index in [1.165, 1.54) is 30.2 Å². The average molecular weight is 441 g/mol. The molecule has 1 N–H and O–H groups in total. The fourth-order valence-electron chi connectivity index (χ4n) is 4.84. The van der Waals surface area contributed by atoms with E-state index < -0.39 is 22.0 Å². The van der Waals surface area contributed by atoms with Crippen molar-refractivity contribution < 1.29 is 18.0 Å². The molecule has 0 bridgehead atoms. The number of hydrogen-bond acceptors (Lipinski definition) is 4. The predicted octanol–water partition coefficient (Wildman–Crippen LogP) is 3.87. The van der Waals surface area contributed by atoms with Gasteiger partial charge in [-0.1, -0.05) is 49.6 Å². The lowest BCUT2D eigenvalue weighted by Gasteiger charge is -2.38. The molecule has 2 aromatic rings. The minimum Gasteiger partial charge on any atom is -0.351 e. The molecule has 2 aliphatic rings. The molecule has 2 amide bonds. The quantitative estimate of drug-likeness (QED) is 0.765. The van der Waals surface area contributed by atoms with Crippen molar-refractivity contribution in [3.05, 3.63) is 65.2 Å². The van der Waals surface area contributed by atoms with E-state index in [2.05, 4.69) is 17.4 Å². The van der Waals surface area contributed by atoms with Gasteiger partial charge in [-0.25, -0.2) is 12.7 Å². The van der Waals surface area contributed by atoms with E-state index in [-0.39, 0.29) is 27.3 Å². The first-order valence-electron chi connectivity index (χ1n) is 10.8. The summed E-state index contributed by atoms with van der Waals surface area (Å²) in [6.07, 6.45) is 5.46. The molecule has 31 heavy (non-hydrogen) atoms. The van der Waals surface area contributed by atoms with Crippen molar-refractivity contribution in [3.8, 4) is 0 Å². The molecular formula is C24H28N2O4S. The van der Waals surface area contributed by atoms with Crippen LogP contribution in [-0.4, -0.2) is 37.1 Å². The van der Waals surface area contributed by atoms with Gasteiger partial charge in [-0.3, -0.25) is 9.59 Å². The first-order valence-corrected chi connectivity index (χ1v) is 12.3. The molecule has 1 saturated carbocycles. The molecule has 0 radical (unpaired) electrons. The number of fused-ring (bicyclic) bond motifs is 1. The summed E-state index contributed by atoms with van der Waals surface area (Å²) in [5, 5.41) is 3.04. The first-order chi connectivity index (χ1) is 14.8. The molecule has 0 atom stereocenters. The number of amides is 2. The van der Waals surface area contributed by atoms with E-state index in [0.717, 1.165) is 30.0 Å². The molecule has 1 fully saturated rings. The van der Waals surface area contributed by atoms with Crippen molar-refractivity contribution in [2.45, 2.75) is 62.3 Å². The third-order valence-electron chi connectivity index (χ3n) is 6.46. The summed E-state index contributed by atoms with van der Waals surface area (Å²) < 4.78 is 26.5. The molecule has 1 aliphatic carbocycles. The van der Waals surface area contributed by atoms with Crippen LogP contribution in [0.2, 0.25) is 0 Å². The number of carbonyl (C=O) groups excluding carboxylic acids is 2. The third-order valence-corrected chi connectivity index (χ3v) is 8.46. The molecular weight excluding hydrogens is 412 g/mol. The van der Waals surface area contributed by atoms with Gasteiger partial charge in [-0.05, 0) is 50.5 Å². The Morgan fingerprint density at radius 3 is 2.39 bits per heavy atom. The van der Waals surface area contributed by atoms with Crippen LogP contribution < -0.4 is 5.32 Å². The minimum atomic E-state index is -3.94. The number of nitrogens with zero attached hydrogens (tertiary/aromatic N) is 1. The van der Waals surface area contributed by atoms with Gasteiger partial charge in [-0.15, -0.1) is 0 Å². The molecule has 1 heterocycles. The van der Waals surface area contributed by atoms with E-state index in [4.69, 9.17) is 0 Å². The molecule has 4 rings (SSSR count). The topological polar surface area (TPSA) is 83.6 Å². The van der Waals surface area contributed by atoms with Crippen LogP contribution in [0.25, 0.3) is 0 Å². The van der Waals surface area contributed by atoms with E-state index in [9.17, 15) is 18.0 Å². The zero-order valence-corrected chi connectivity index (χ0v) is 18.7. The highest BCUT2D eigenvalue weighted by Gasteiger charge is 2.43. The van der Waals surface area contributed by atoms with Crippen molar-refractivity contribution in [1.82, 2.24) is 9.62 Å². The molecule has 2 aromatic carbocycles. The number of carbonyl (C=O) groups is 2. The fraction of sp³-hybridized carbons (Fsp3) is 0.417. The van der Waals surface area contributed by atoms with E-state index in [1.807, 2.05) is 18.2 Å². The molecule has 164 valence electrons. The number of benzene rings is 2. The van der Waals surface area contributed by atoms with Crippen LogP contribution in [0.1, 0.15) is 72.2 Å². The maximum Gasteiger partial charge on any atom is 0.269 e. The van der Waals surface area contributed by atoms with Crippen molar-refractivity contribution in [1.29, 1.82) is 0 Å². The Bertz CT molecular complexity index is 1100. The average Bonchev–Trinajstić information content (AvgIpc) is 2.98. The largest absolute Gasteiger partial charge is 0.351 e. The lowest BCUT2D eigenvalue weighted by Crippen LogP contribution is -2.42. The van der Waals surface area contributed by atoms with Crippen LogP contribution in [0.15, 0.2) is 53.4 Å². The Labute approximate surface area is 183 Å². The van der Waals surface area contributed by atoms with Crippen molar-refractivity contribution in [2.75, 3.05) is 6.54 Å². The Morgan fingerprint density at radius 2 is 1.74 bits per heavy atom. The number of sulfonamides is 1. The second-order valence-corrected chi connectivity index (χ2v) is 10.6. The smallest absolute Gasteiger partial charge is 0.269 e. The van der Waals surface area contributed by atoms with Gasteiger partial charge in [0.25, 0.3) is 21.8 Å². The first kappa shape index (κ1) is 21.6. The second-order valence-electron chi connectivity index (χ2n) is 8.80. The summed E-state index contributed by atoms with van der Waals surface area (Å²) >= 11 is 0. The number of nitrogens with one attached hydrogen (secondary N) is 1. The van der Waals surface area contributed by atoms with Crippen LogP contribution in [-0.2, 0) is 15.4 Å². The highest BCUT2D eigenvalue weighted by molar-refractivity contribution is 7.90. The summed E-state index contributed by atoms with van der Waals surface area (Å²) in [6.45, 7) is 3.81. The summed E-state index contributed by atoms with van der Waals surface area (Å²) in [6, 6.07) is 14.1. The number of rotatable bonds is 5. The highest BCUT2D eigenvalue weighted by Crippen LogP contribution is 2.39. The summed E-state index contributed by atoms with van der Waals surface area (Å²) in [7, 11) is -3.94. The Morgan fingerprint density at radius 1 is 1.06 bits per heavy atom. The van der Waals surface area contributed by atoms with Crippen molar-refractivity contribution in [2.24, 2.45) is 0 Å². The summed E-state index contributed by atoms with van der Waals surface area (Å²) in [5.74, 6) is -0.864. The van der Waals surface area contributed by atoms with Gasteiger partial charge in [0.2, 0.25) is 0 Å². The SMILES string of the molecule is CC(C)N1C(=O)c2ccc(C(=O)NCC3(c4ccccc4)CCCCC3)cc2S1(=O)=O. The normalized spacial score (nSPS) is 19.3. The van der Waals surface area contributed by atoms with Gasteiger partial charge in [-0.2, -0.15) is 0 Å². The lowest BCUT2D eigenvalue weighted by atomic mass is 9.69. The predicted molar refractivity (Wildman–Crippen MR) is 118 cm³/mol. The molecule has 7 heteroatoms. The van der Waals surface area contributed by atoms with E-state index in [0.29, 0.717) is 6.54 Å². The van der Waals surface area contributed by atoms with Crippen LogP contribution in [0, 0.1) is 0 Å². The van der Waals surface area contributed by atoms with Crippen LogP contribution in [0.3, 0.4) is 0 Å². The van der Waals surface area contributed by atoms with Gasteiger partial charge in [0.1, 0.15) is 4.90 Å². The standard InChI is InChI=1S/C24H28N2O4S/c1-17(2)26-23(28)20-12-11-18(15-21(20)31(26,29)30)22(27)25-16-24(13-7-4-8-14-24)19-9-5-3-6-10-19/h3,5-6,9-12,15,17H,4,7-8,13-14,16H2,1-2H3,(H,25,27). The molecule has 0 spiro atoms. The lowest BCUT2D eigenvalue weighted by molar-refractivity contribution is 0.0845. The maximum absolute atomic E-state index is 13.0. The third kappa shape index (κ3) is 3.76. The zero-order valence-electron chi connectivity index (χ0n) is 17.9. The van der Waals surface area contributed by atoms with Crippen LogP contribution >= 0.6 is 0 Å². The van der Waals surface area contributed by atoms with Crippen molar-refractivity contribution in [3.63, 3.8) is 0 Å². The Balaban J connectivity index is 1.58. The minimum absolute atomic E-state index is 0.0886. The van der Waals surface area contributed by atoms with Gasteiger partial charge >= 0.3 is 0 Å². The van der Waals surface area contributed by atoms with Gasteiger partial charge < -0.3 is 5.32 Å². The zero-order chi connectivity index (χ0) is 22.2. The van der Waals surface area contributed by atoms with Crippen molar-refractivity contribution >= 4 is 21.8 Å². The van der Waals surface area contributed by atoms with Gasteiger partial charge in [0, 0.05) is 23.6 Å². The van der Waals surface area contributed by atoms with Crippen LogP contribution in [0.4, 0.5) is 0 Å². The highest BCUT2D eigenvalue weighted by atomic mass is 32.2. The Kier molecular flexibility index (Phi) is 5.64. The maximum atomic E-state index is 13.0. The Hall–Kier alpha value is -2.67. The summed E-state index contributed by atoms with van der Waals surface area (Å²) in [5.41, 5.74) is 1.49.